The third-order valence-corrected chi connectivity index (χ3v) is 4.09. The van der Waals surface area contributed by atoms with Crippen molar-refractivity contribution >= 4 is 28.9 Å². The standard InChI is InChI=1S/C20H19N7O2/c1-2-29-20(28)22-12-14-7-6-10-16(11-14)27-18-17(25-26-27)13-21-19(24-18)23-15-8-4-3-5-9-15/h3-11,13H,2,12H2,1H3,(H,22,28)(H,21,23,24). The van der Waals surface area contributed by atoms with E-state index in [0.717, 1.165) is 16.9 Å². The summed E-state index contributed by atoms with van der Waals surface area (Å²) in [6.07, 6.45) is 1.18. The summed E-state index contributed by atoms with van der Waals surface area (Å²) in [5.41, 5.74) is 3.72. The Morgan fingerprint density at radius 3 is 2.83 bits per heavy atom. The molecule has 0 aliphatic heterocycles. The molecule has 0 aliphatic carbocycles. The number of alkyl carbamates (subject to hydrolysis) is 1. The Kier molecular flexibility index (Phi) is 5.28. The SMILES string of the molecule is CCOC(=O)NCc1cccc(-n2nnc3cnc(Nc4ccccc4)nc32)c1. The number of fused-ring (bicyclic) bond motifs is 1. The topological polar surface area (TPSA) is 107 Å². The molecule has 0 spiro atoms. The highest BCUT2D eigenvalue weighted by Crippen LogP contribution is 2.18. The number of rotatable bonds is 6. The summed E-state index contributed by atoms with van der Waals surface area (Å²) in [7, 11) is 0. The molecule has 0 saturated carbocycles. The second-order valence-electron chi connectivity index (χ2n) is 6.14. The van der Waals surface area contributed by atoms with Crippen molar-refractivity contribution in [3.63, 3.8) is 0 Å². The van der Waals surface area contributed by atoms with Crippen LogP contribution in [0.1, 0.15) is 12.5 Å². The molecule has 0 atom stereocenters. The molecule has 4 aromatic rings. The van der Waals surface area contributed by atoms with Crippen LogP contribution >= 0.6 is 0 Å². The van der Waals surface area contributed by atoms with E-state index in [1.165, 1.54) is 0 Å². The Morgan fingerprint density at radius 2 is 2.00 bits per heavy atom. The summed E-state index contributed by atoms with van der Waals surface area (Å²) in [6.45, 7) is 2.43. The largest absolute Gasteiger partial charge is 0.450 e. The molecule has 9 nitrogen and oxygen atoms in total. The van der Waals surface area contributed by atoms with Gasteiger partial charge in [0.2, 0.25) is 5.95 Å². The maximum atomic E-state index is 11.5. The molecule has 146 valence electrons. The van der Waals surface area contributed by atoms with Gasteiger partial charge < -0.3 is 15.4 Å². The molecule has 0 unspecified atom stereocenters. The number of benzene rings is 2. The number of carbonyl (C=O) groups is 1. The van der Waals surface area contributed by atoms with Gasteiger partial charge in [0.05, 0.1) is 18.5 Å². The number of aromatic nitrogens is 5. The molecule has 0 saturated heterocycles. The van der Waals surface area contributed by atoms with Crippen LogP contribution in [0.25, 0.3) is 16.9 Å². The number of ether oxygens (including phenoxy) is 1. The van der Waals surface area contributed by atoms with Crippen LogP contribution in [0.4, 0.5) is 16.4 Å². The highest BCUT2D eigenvalue weighted by Gasteiger charge is 2.11. The van der Waals surface area contributed by atoms with E-state index < -0.39 is 6.09 Å². The van der Waals surface area contributed by atoms with Crippen LogP contribution in [-0.4, -0.2) is 37.7 Å². The van der Waals surface area contributed by atoms with Gasteiger partial charge in [-0.2, -0.15) is 9.67 Å². The van der Waals surface area contributed by atoms with Crippen LogP contribution in [0.5, 0.6) is 0 Å². The van der Waals surface area contributed by atoms with Crippen LogP contribution < -0.4 is 10.6 Å². The molecule has 0 radical (unpaired) electrons. The van der Waals surface area contributed by atoms with E-state index in [9.17, 15) is 4.79 Å². The lowest BCUT2D eigenvalue weighted by atomic mass is 10.2. The van der Waals surface area contributed by atoms with Crippen LogP contribution in [0, 0.1) is 0 Å². The highest BCUT2D eigenvalue weighted by molar-refractivity contribution is 5.73. The smallest absolute Gasteiger partial charge is 0.407 e. The van der Waals surface area contributed by atoms with Gasteiger partial charge in [0.15, 0.2) is 11.2 Å². The molecule has 1 amide bonds. The summed E-state index contributed by atoms with van der Waals surface area (Å²) in [5.74, 6) is 0.451. The molecule has 2 aromatic carbocycles. The molecule has 9 heteroatoms. The number of para-hydroxylation sites is 1. The maximum absolute atomic E-state index is 11.5. The summed E-state index contributed by atoms with van der Waals surface area (Å²) in [5, 5.41) is 14.2. The first kappa shape index (κ1) is 18.4. The number of hydrogen-bond acceptors (Lipinski definition) is 7. The minimum absolute atomic E-state index is 0.329. The lowest BCUT2D eigenvalue weighted by Crippen LogP contribution is -2.23. The van der Waals surface area contributed by atoms with E-state index in [-0.39, 0.29) is 0 Å². The number of hydrogen-bond donors (Lipinski definition) is 2. The number of nitrogens with zero attached hydrogens (tertiary/aromatic N) is 5. The second-order valence-corrected chi connectivity index (χ2v) is 6.14. The molecular formula is C20H19N7O2. The third kappa shape index (κ3) is 4.29. The maximum Gasteiger partial charge on any atom is 0.407 e. The van der Waals surface area contributed by atoms with Gasteiger partial charge in [0, 0.05) is 12.2 Å². The Bertz CT molecular complexity index is 1130. The van der Waals surface area contributed by atoms with Crippen molar-refractivity contribution in [2.24, 2.45) is 0 Å². The van der Waals surface area contributed by atoms with Gasteiger partial charge in [-0.25, -0.2) is 9.78 Å². The summed E-state index contributed by atoms with van der Waals surface area (Å²) >= 11 is 0. The molecule has 2 aromatic heterocycles. The van der Waals surface area contributed by atoms with E-state index >= 15 is 0 Å². The second kappa shape index (κ2) is 8.34. The van der Waals surface area contributed by atoms with Crippen molar-refractivity contribution in [1.82, 2.24) is 30.3 Å². The van der Waals surface area contributed by atoms with Gasteiger partial charge >= 0.3 is 6.09 Å². The number of nitrogens with one attached hydrogen (secondary N) is 2. The first-order chi connectivity index (χ1) is 14.2. The fourth-order valence-electron chi connectivity index (χ4n) is 2.77. The Balaban J connectivity index is 1.59. The van der Waals surface area contributed by atoms with Gasteiger partial charge in [-0.1, -0.05) is 35.5 Å². The van der Waals surface area contributed by atoms with Gasteiger partial charge in [-0.15, -0.1) is 5.10 Å². The van der Waals surface area contributed by atoms with Crippen LogP contribution in [0.15, 0.2) is 60.8 Å². The Hall–Kier alpha value is -4.01. The van der Waals surface area contributed by atoms with E-state index in [0.29, 0.717) is 30.3 Å². The average molecular weight is 389 g/mol. The molecular weight excluding hydrogens is 370 g/mol. The molecule has 0 bridgehead atoms. The van der Waals surface area contributed by atoms with Crippen molar-refractivity contribution in [3.8, 4) is 5.69 Å². The molecule has 29 heavy (non-hydrogen) atoms. The lowest BCUT2D eigenvalue weighted by Gasteiger charge is -2.08. The number of amides is 1. The summed E-state index contributed by atoms with van der Waals surface area (Å²) in [6, 6.07) is 17.3. The fourth-order valence-corrected chi connectivity index (χ4v) is 2.77. The molecule has 0 fully saturated rings. The fraction of sp³-hybridized carbons (Fsp3) is 0.150. The van der Waals surface area contributed by atoms with Crippen molar-refractivity contribution in [2.75, 3.05) is 11.9 Å². The van der Waals surface area contributed by atoms with Gasteiger partial charge in [0.1, 0.15) is 0 Å². The van der Waals surface area contributed by atoms with E-state index in [2.05, 4.69) is 30.9 Å². The predicted molar refractivity (Wildman–Crippen MR) is 108 cm³/mol. The van der Waals surface area contributed by atoms with E-state index in [1.54, 1.807) is 17.8 Å². The van der Waals surface area contributed by atoms with Crippen molar-refractivity contribution in [2.45, 2.75) is 13.5 Å². The number of anilines is 2. The van der Waals surface area contributed by atoms with E-state index in [4.69, 9.17) is 4.74 Å². The Labute approximate surface area is 166 Å². The zero-order valence-electron chi connectivity index (χ0n) is 15.7. The van der Waals surface area contributed by atoms with Crippen LogP contribution in [0.3, 0.4) is 0 Å². The van der Waals surface area contributed by atoms with Gasteiger partial charge in [-0.3, -0.25) is 0 Å². The zero-order valence-corrected chi connectivity index (χ0v) is 15.7. The first-order valence-corrected chi connectivity index (χ1v) is 9.13. The minimum atomic E-state index is -0.450. The van der Waals surface area contributed by atoms with Crippen molar-refractivity contribution in [1.29, 1.82) is 0 Å². The summed E-state index contributed by atoms with van der Waals surface area (Å²) < 4.78 is 6.52. The lowest BCUT2D eigenvalue weighted by molar-refractivity contribution is 0.151. The highest BCUT2D eigenvalue weighted by atomic mass is 16.5. The minimum Gasteiger partial charge on any atom is -0.450 e. The Morgan fingerprint density at radius 1 is 1.14 bits per heavy atom. The van der Waals surface area contributed by atoms with E-state index in [1.807, 2.05) is 54.6 Å². The predicted octanol–water partition coefficient (Wildman–Crippen LogP) is 3.20. The molecule has 2 heterocycles. The summed E-state index contributed by atoms with van der Waals surface area (Å²) in [4.78, 5) is 20.4. The first-order valence-electron chi connectivity index (χ1n) is 9.13. The molecule has 0 aliphatic rings. The molecule has 2 N–H and O–H groups in total. The average Bonchev–Trinajstić information content (AvgIpc) is 3.17. The van der Waals surface area contributed by atoms with Crippen LogP contribution in [0.2, 0.25) is 0 Å². The van der Waals surface area contributed by atoms with Crippen molar-refractivity contribution < 1.29 is 9.53 Å². The normalized spacial score (nSPS) is 10.7. The zero-order chi connectivity index (χ0) is 20.1. The van der Waals surface area contributed by atoms with Gasteiger partial charge in [-0.05, 0) is 36.8 Å². The number of carbonyl (C=O) groups excluding carboxylic acids is 1. The monoisotopic (exact) mass is 389 g/mol. The van der Waals surface area contributed by atoms with Gasteiger partial charge in [0.25, 0.3) is 0 Å². The van der Waals surface area contributed by atoms with Crippen LogP contribution in [-0.2, 0) is 11.3 Å². The molecule has 4 rings (SSSR count). The quantitative estimate of drug-likeness (QED) is 0.521. The third-order valence-electron chi connectivity index (χ3n) is 4.09. The van der Waals surface area contributed by atoms with Crippen molar-refractivity contribution in [3.05, 3.63) is 66.4 Å².